The standard InChI is InChI=1S/C20H33N7O2/c1-16(2)23-19-24-18(22-10-12-29-14-13-28-11-9-21)25-20(26-19)27(3)15-17-7-5-4-6-8-17/h4-8,16H,9-15,21H2,1-3H3,(H2,22,23,24,25,26). The lowest BCUT2D eigenvalue weighted by Gasteiger charge is -2.19. The summed E-state index contributed by atoms with van der Waals surface area (Å²) in [5.74, 6) is 1.66. The van der Waals surface area contributed by atoms with Crippen molar-refractivity contribution in [2.45, 2.75) is 26.4 Å². The van der Waals surface area contributed by atoms with Crippen molar-refractivity contribution in [2.75, 3.05) is 62.1 Å². The normalized spacial score (nSPS) is 10.9. The maximum atomic E-state index is 5.53. The lowest BCUT2D eigenvalue weighted by molar-refractivity contribution is 0.0547. The van der Waals surface area contributed by atoms with Crippen molar-refractivity contribution in [3.63, 3.8) is 0 Å². The quantitative estimate of drug-likeness (QED) is 0.406. The van der Waals surface area contributed by atoms with Gasteiger partial charge in [-0.2, -0.15) is 15.0 Å². The van der Waals surface area contributed by atoms with E-state index in [2.05, 4.69) is 37.7 Å². The molecule has 1 aromatic heterocycles. The molecule has 0 spiro atoms. The van der Waals surface area contributed by atoms with E-state index >= 15 is 0 Å². The molecule has 0 atom stereocenters. The van der Waals surface area contributed by atoms with Crippen LogP contribution in [0.4, 0.5) is 17.8 Å². The third kappa shape index (κ3) is 9.03. The lowest BCUT2D eigenvalue weighted by atomic mass is 10.2. The highest BCUT2D eigenvalue weighted by molar-refractivity contribution is 5.44. The summed E-state index contributed by atoms with van der Waals surface area (Å²) in [6.45, 7) is 8.06. The highest BCUT2D eigenvalue weighted by Gasteiger charge is 2.11. The van der Waals surface area contributed by atoms with Crippen molar-refractivity contribution in [3.05, 3.63) is 35.9 Å². The third-order valence-electron chi connectivity index (χ3n) is 3.81. The molecule has 4 N–H and O–H groups in total. The van der Waals surface area contributed by atoms with Gasteiger partial charge in [0.1, 0.15) is 0 Å². The fourth-order valence-corrected chi connectivity index (χ4v) is 2.51. The zero-order valence-corrected chi connectivity index (χ0v) is 17.6. The smallest absolute Gasteiger partial charge is 0.231 e. The highest BCUT2D eigenvalue weighted by atomic mass is 16.5. The number of nitrogens with zero attached hydrogens (tertiary/aromatic N) is 4. The fraction of sp³-hybridized carbons (Fsp3) is 0.550. The van der Waals surface area contributed by atoms with Gasteiger partial charge in [0.25, 0.3) is 0 Å². The SMILES string of the molecule is CC(C)Nc1nc(NCCOCCOCCN)nc(N(C)Cc2ccccc2)n1. The summed E-state index contributed by atoms with van der Waals surface area (Å²) in [5, 5.41) is 6.45. The van der Waals surface area contributed by atoms with Crippen molar-refractivity contribution < 1.29 is 9.47 Å². The van der Waals surface area contributed by atoms with Crippen molar-refractivity contribution in [2.24, 2.45) is 5.73 Å². The van der Waals surface area contributed by atoms with Crippen LogP contribution in [0, 0.1) is 0 Å². The van der Waals surface area contributed by atoms with Crippen LogP contribution < -0.4 is 21.3 Å². The molecule has 0 aliphatic rings. The van der Waals surface area contributed by atoms with E-state index in [1.807, 2.05) is 44.0 Å². The highest BCUT2D eigenvalue weighted by Crippen LogP contribution is 2.15. The zero-order chi connectivity index (χ0) is 20.9. The van der Waals surface area contributed by atoms with Crippen LogP contribution in [-0.4, -0.2) is 67.6 Å². The zero-order valence-electron chi connectivity index (χ0n) is 17.6. The van der Waals surface area contributed by atoms with Gasteiger partial charge >= 0.3 is 0 Å². The number of ether oxygens (including phenoxy) is 2. The van der Waals surface area contributed by atoms with Gasteiger partial charge in [-0.15, -0.1) is 0 Å². The second-order valence-corrected chi connectivity index (χ2v) is 6.86. The summed E-state index contributed by atoms with van der Waals surface area (Å²) in [6, 6.07) is 10.4. The molecule has 0 aliphatic heterocycles. The van der Waals surface area contributed by atoms with Crippen molar-refractivity contribution in [1.29, 1.82) is 0 Å². The molecule has 1 aromatic carbocycles. The van der Waals surface area contributed by atoms with Gasteiger partial charge in [-0.1, -0.05) is 30.3 Å². The molecule has 0 saturated carbocycles. The second-order valence-electron chi connectivity index (χ2n) is 6.86. The minimum absolute atomic E-state index is 0.217. The van der Waals surface area contributed by atoms with E-state index in [0.717, 1.165) is 0 Å². The topological polar surface area (TPSA) is 110 Å². The van der Waals surface area contributed by atoms with Crippen LogP contribution in [0.2, 0.25) is 0 Å². The van der Waals surface area contributed by atoms with Gasteiger partial charge in [-0.3, -0.25) is 0 Å². The molecule has 0 radical (unpaired) electrons. The molecule has 160 valence electrons. The molecule has 2 rings (SSSR count). The van der Waals surface area contributed by atoms with E-state index in [4.69, 9.17) is 15.2 Å². The molecule has 9 heteroatoms. The number of nitrogens with one attached hydrogen (secondary N) is 2. The number of aromatic nitrogens is 3. The predicted octanol–water partition coefficient (Wildman–Crippen LogP) is 1.73. The summed E-state index contributed by atoms with van der Waals surface area (Å²) >= 11 is 0. The van der Waals surface area contributed by atoms with Crippen LogP contribution in [0.25, 0.3) is 0 Å². The first-order chi connectivity index (χ1) is 14.1. The number of rotatable bonds is 14. The molecule has 2 aromatic rings. The van der Waals surface area contributed by atoms with Gasteiger partial charge in [0, 0.05) is 32.7 Å². The molecule has 0 saturated heterocycles. The second kappa shape index (κ2) is 12.9. The van der Waals surface area contributed by atoms with E-state index in [1.54, 1.807) is 0 Å². The summed E-state index contributed by atoms with van der Waals surface area (Å²) < 4.78 is 10.8. The van der Waals surface area contributed by atoms with E-state index in [9.17, 15) is 0 Å². The number of anilines is 3. The number of hydrogen-bond donors (Lipinski definition) is 3. The molecule has 0 aliphatic carbocycles. The third-order valence-corrected chi connectivity index (χ3v) is 3.81. The first kappa shape index (κ1) is 22.8. The van der Waals surface area contributed by atoms with E-state index in [-0.39, 0.29) is 6.04 Å². The molecule has 0 fully saturated rings. The van der Waals surface area contributed by atoms with Crippen molar-refractivity contribution in [1.82, 2.24) is 15.0 Å². The number of nitrogens with two attached hydrogens (primary N) is 1. The van der Waals surface area contributed by atoms with E-state index in [1.165, 1.54) is 5.56 Å². The largest absolute Gasteiger partial charge is 0.378 e. The minimum atomic E-state index is 0.217. The van der Waals surface area contributed by atoms with Crippen LogP contribution in [-0.2, 0) is 16.0 Å². The first-order valence-corrected chi connectivity index (χ1v) is 9.95. The average molecular weight is 404 g/mol. The maximum Gasteiger partial charge on any atom is 0.231 e. The Kier molecular flexibility index (Phi) is 10.1. The van der Waals surface area contributed by atoms with Crippen LogP contribution in [0.5, 0.6) is 0 Å². The Morgan fingerprint density at radius 3 is 2.34 bits per heavy atom. The molecule has 0 amide bonds. The van der Waals surface area contributed by atoms with E-state index in [0.29, 0.717) is 63.9 Å². The molecule has 1 heterocycles. The Morgan fingerprint density at radius 2 is 1.66 bits per heavy atom. The molecule has 9 nitrogen and oxygen atoms in total. The molecular weight excluding hydrogens is 370 g/mol. The molecule has 0 unspecified atom stereocenters. The van der Waals surface area contributed by atoms with Gasteiger partial charge in [-0.05, 0) is 19.4 Å². The fourth-order valence-electron chi connectivity index (χ4n) is 2.51. The number of hydrogen-bond acceptors (Lipinski definition) is 9. The van der Waals surface area contributed by atoms with Crippen LogP contribution in [0.15, 0.2) is 30.3 Å². The Morgan fingerprint density at radius 1 is 0.966 bits per heavy atom. The van der Waals surface area contributed by atoms with Crippen molar-refractivity contribution in [3.8, 4) is 0 Å². The summed E-state index contributed by atoms with van der Waals surface area (Å²) in [5.41, 5.74) is 6.56. The Hall–Kier alpha value is -2.49. The average Bonchev–Trinajstić information content (AvgIpc) is 2.70. The maximum absolute atomic E-state index is 5.53. The summed E-state index contributed by atoms with van der Waals surface area (Å²) in [7, 11) is 1.97. The summed E-state index contributed by atoms with van der Waals surface area (Å²) in [6.07, 6.45) is 0. The molecule has 0 bridgehead atoms. The monoisotopic (exact) mass is 403 g/mol. The van der Waals surface area contributed by atoms with Crippen LogP contribution in [0.3, 0.4) is 0 Å². The van der Waals surface area contributed by atoms with Crippen molar-refractivity contribution >= 4 is 17.8 Å². The summed E-state index contributed by atoms with van der Waals surface area (Å²) in [4.78, 5) is 15.6. The van der Waals surface area contributed by atoms with Gasteiger partial charge in [0.05, 0.1) is 26.4 Å². The molecular formula is C20H33N7O2. The van der Waals surface area contributed by atoms with Crippen LogP contribution >= 0.6 is 0 Å². The van der Waals surface area contributed by atoms with Gasteiger partial charge < -0.3 is 30.7 Å². The number of benzene rings is 1. The van der Waals surface area contributed by atoms with Gasteiger partial charge in [-0.25, -0.2) is 0 Å². The molecule has 29 heavy (non-hydrogen) atoms. The van der Waals surface area contributed by atoms with Gasteiger partial charge in [0.15, 0.2) is 0 Å². The Balaban J connectivity index is 1.93. The predicted molar refractivity (Wildman–Crippen MR) is 116 cm³/mol. The van der Waals surface area contributed by atoms with E-state index < -0.39 is 0 Å². The first-order valence-electron chi connectivity index (χ1n) is 9.95. The Bertz CT molecular complexity index is 700. The van der Waals surface area contributed by atoms with Gasteiger partial charge in [0.2, 0.25) is 17.8 Å². The van der Waals surface area contributed by atoms with Crippen LogP contribution in [0.1, 0.15) is 19.4 Å². The Labute approximate surface area is 173 Å². The lowest BCUT2D eigenvalue weighted by Crippen LogP contribution is -2.23. The minimum Gasteiger partial charge on any atom is -0.378 e.